The number of nitrogens with two attached hydrogens (primary N) is 1. The van der Waals surface area contributed by atoms with Gasteiger partial charge < -0.3 is 11.1 Å². The van der Waals surface area contributed by atoms with Gasteiger partial charge in [-0.1, -0.05) is 11.6 Å². The number of aromatic nitrogens is 2. The molecule has 18 heavy (non-hydrogen) atoms. The average Bonchev–Trinajstić information content (AvgIpc) is 2.69. The van der Waals surface area contributed by atoms with E-state index in [4.69, 9.17) is 17.3 Å². The van der Waals surface area contributed by atoms with Gasteiger partial charge in [-0.3, -0.25) is 4.79 Å². The van der Waals surface area contributed by atoms with Gasteiger partial charge in [0.1, 0.15) is 5.82 Å². The van der Waals surface area contributed by atoms with Crippen molar-refractivity contribution < 1.29 is 18.2 Å². The largest absolute Gasteiger partial charge is 0.379 e. The summed E-state index contributed by atoms with van der Waals surface area (Å²) in [6.07, 6.45) is 0. The third-order valence-corrected chi connectivity index (χ3v) is 2.27. The zero-order valence-electron chi connectivity index (χ0n) is 8.58. The number of carbonyl (C=O) groups excluding carboxylic acids is 1. The Bertz CT molecular complexity index is 593. The number of anilines is 2. The third-order valence-electron chi connectivity index (χ3n) is 1.97. The molecule has 0 atom stereocenters. The molecule has 1 aromatic carbocycles. The molecule has 0 aliphatic heterocycles. The Morgan fingerprint density at radius 3 is 2.67 bits per heavy atom. The van der Waals surface area contributed by atoms with Gasteiger partial charge in [0.25, 0.3) is 5.91 Å². The molecule has 1 aromatic heterocycles. The van der Waals surface area contributed by atoms with E-state index in [0.717, 1.165) is 6.07 Å². The van der Waals surface area contributed by atoms with Crippen molar-refractivity contribution in [2.45, 2.75) is 0 Å². The highest BCUT2D eigenvalue weighted by Crippen LogP contribution is 2.26. The fraction of sp³-hybridized carbons (Fsp3) is 0. The lowest BCUT2D eigenvalue weighted by atomic mass is 10.2. The maximum atomic E-state index is 13.4. The second-order valence-electron chi connectivity index (χ2n) is 3.20. The summed E-state index contributed by atoms with van der Waals surface area (Å²) in [5.74, 6) is -3.02. The number of rotatable bonds is 2. The van der Waals surface area contributed by atoms with E-state index in [-0.39, 0.29) is 22.2 Å². The molecule has 1 heterocycles. The predicted octanol–water partition coefficient (Wildman–Crippen LogP) is 1.84. The lowest BCUT2D eigenvalue weighted by molar-refractivity contribution is 0.101. The summed E-state index contributed by atoms with van der Waals surface area (Å²) in [6.45, 7) is 0. The summed E-state index contributed by atoms with van der Waals surface area (Å²) in [5.41, 5.74) is 4.57. The Morgan fingerprint density at radius 2 is 2.11 bits per heavy atom. The van der Waals surface area contributed by atoms with E-state index < -0.39 is 17.5 Å². The molecule has 2 aromatic rings. The SMILES string of the molecule is Nc1nonc1C(=O)Nc1c(F)cc(F)cc1Cl. The van der Waals surface area contributed by atoms with Gasteiger partial charge >= 0.3 is 0 Å². The number of halogens is 3. The minimum Gasteiger partial charge on any atom is -0.379 e. The van der Waals surface area contributed by atoms with Crippen LogP contribution in [0, 0.1) is 11.6 Å². The Labute approximate surface area is 104 Å². The van der Waals surface area contributed by atoms with Crippen LogP contribution in [0.5, 0.6) is 0 Å². The molecular weight excluding hydrogens is 270 g/mol. The fourth-order valence-electron chi connectivity index (χ4n) is 1.19. The predicted molar refractivity (Wildman–Crippen MR) is 58.0 cm³/mol. The molecule has 0 aliphatic carbocycles. The Morgan fingerprint density at radius 1 is 1.39 bits per heavy atom. The number of amides is 1. The average molecular weight is 275 g/mol. The standard InChI is InChI=1S/C9H5ClF2N4O2/c10-4-1-3(11)2-5(12)6(4)14-9(17)7-8(13)16-18-15-7/h1-2H,(H2,13,16)(H,14,17). The van der Waals surface area contributed by atoms with Crippen LogP contribution in [0.25, 0.3) is 0 Å². The second kappa shape index (κ2) is 4.57. The number of nitrogen functional groups attached to an aromatic ring is 1. The number of nitrogens with one attached hydrogen (secondary N) is 1. The van der Waals surface area contributed by atoms with Crippen LogP contribution >= 0.6 is 11.6 Å². The molecule has 0 saturated heterocycles. The molecule has 0 saturated carbocycles. The van der Waals surface area contributed by atoms with E-state index in [9.17, 15) is 13.6 Å². The molecule has 94 valence electrons. The van der Waals surface area contributed by atoms with E-state index in [1.54, 1.807) is 0 Å². The highest BCUT2D eigenvalue weighted by Gasteiger charge is 2.19. The van der Waals surface area contributed by atoms with Gasteiger partial charge in [0.2, 0.25) is 11.5 Å². The smallest absolute Gasteiger partial charge is 0.281 e. The van der Waals surface area contributed by atoms with Crippen molar-refractivity contribution in [2.75, 3.05) is 11.1 Å². The Hall–Kier alpha value is -2.22. The summed E-state index contributed by atoms with van der Waals surface area (Å²) in [7, 11) is 0. The molecule has 0 fully saturated rings. The fourth-order valence-corrected chi connectivity index (χ4v) is 1.43. The highest BCUT2D eigenvalue weighted by atomic mass is 35.5. The van der Waals surface area contributed by atoms with Gasteiger partial charge in [-0.2, -0.15) is 0 Å². The minimum atomic E-state index is -1.02. The van der Waals surface area contributed by atoms with Gasteiger partial charge in [-0.15, -0.1) is 0 Å². The van der Waals surface area contributed by atoms with Gasteiger partial charge in [-0.05, 0) is 16.4 Å². The summed E-state index contributed by atoms with van der Waals surface area (Å²) in [5, 5.41) is 8.21. The first kappa shape index (κ1) is 12.2. The van der Waals surface area contributed by atoms with Crippen LogP contribution in [0.15, 0.2) is 16.8 Å². The quantitative estimate of drug-likeness (QED) is 0.871. The first-order valence-electron chi connectivity index (χ1n) is 4.53. The van der Waals surface area contributed by atoms with Crippen LogP contribution in [0.2, 0.25) is 5.02 Å². The Kier molecular flexibility index (Phi) is 3.11. The number of nitrogens with zero attached hydrogens (tertiary/aromatic N) is 2. The van der Waals surface area contributed by atoms with Gasteiger partial charge in [0.15, 0.2) is 5.82 Å². The highest BCUT2D eigenvalue weighted by molar-refractivity contribution is 6.34. The molecular formula is C9H5ClF2N4O2. The minimum absolute atomic E-state index is 0.258. The van der Waals surface area contributed by atoms with Gasteiger partial charge in [0.05, 0.1) is 10.7 Å². The topological polar surface area (TPSA) is 94.0 Å². The normalized spacial score (nSPS) is 10.4. The number of benzene rings is 1. The molecule has 0 bridgehead atoms. The van der Waals surface area contributed by atoms with Crippen LogP contribution in [-0.4, -0.2) is 16.2 Å². The summed E-state index contributed by atoms with van der Waals surface area (Å²) in [6, 6.07) is 1.43. The van der Waals surface area contributed by atoms with Crippen molar-refractivity contribution in [1.82, 2.24) is 10.3 Å². The molecule has 0 unspecified atom stereocenters. The first-order valence-corrected chi connectivity index (χ1v) is 4.90. The number of carbonyl (C=O) groups is 1. The van der Waals surface area contributed by atoms with E-state index in [1.807, 2.05) is 0 Å². The molecule has 1 amide bonds. The molecule has 3 N–H and O–H groups in total. The van der Waals surface area contributed by atoms with Crippen LogP contribution in [-0.2, 0) is 0 Å². The maximum Gasteiger partial charge on any atom is 0.281 e. The molecule has 0 spiro atoms. The molecule has 0 aliphatic rings. The summed E-state index contributed by atoms with van der Waals surface area (Å²) < 4.78 is 30.4. The Balaban J connectivity index is 2.31. The van der Waals surface area contributed by atoms with Crippen molar-refractivity contribution in [3.8, 4) is 0 Å². The van der Waals surface area contributed by atoms with Crippen molar-refractivity contribution >= 4 is 29.0 Å². The maximum absolute atomic E-state index is 13.4. The lowest BCUT2D eigenvalue weighted by Gasteiger charge is -2.06. The second-order valence-corrected chi connectivity index (χ2v) is 3.60. The van der Waals surface area contributed by atoms with Crippen LogP contribution in [0.3, 0.4) is 0 Å². The van der Waals surface area contributed by atoms with E-state index in [2.05, 4.69) is 20.3 Å². The first-order chi connectivity index (χ1) is 8.49. The summed E-state index contributed by atoms with van der Waals surface area (Å²) in [4.78, 5) is 11.6. The lowest BCUT2D eigenvalue weighted by Crippen LogP contribution is -2.15. The van der Waals surface area contributed by atoms with Gasteiger partial charge in [-0.25, -0.2) is 13.4 Å². The number of hydrogen-bond acceptors (Lipinski definition) is 5. The van der Waals surface area contributed by atoms with Crippen LogP contribution in [0.1, 0.15) is 10.5 Å². The van der Waals surface area contributed by atoms with Crippen LogP contribution in [0.4, 0.5) is 20.3 Å². The van der Waals surface area contributed by atoms with E-state index in [0.29, 0.717) is 6.07 Å². The van der Waals surface area contributed by atoms with Crippen molar-refractivity contribution in [1.29, 1.82) is 0 Å². The van der Waals surface area contributed by atoms with Crippen molar-refractivity contribution in [3.63, 3.8) is 0 Å². The number of hydrogen-bond donors (Lipinski definition) is 2. The molecule has 0 radical (unpaired) electrons. The summed E-state index contributed by atoms with van der Waals surface area (Å²) >= 11 is 5.59. The molecule has 2 rings (SSSR count). The third kappa shape index (κ3) is 2.23. The van der Waals surface area contributed by atoms with Crippen molar-refractivity contribution in [3.05, 3.63) is 34.5 Å². The monoisotopic (exact) mass is 274 g/mol. The van der Waals surface area contributed by atoms with Gasteiger partial charge in [0, 0.05) is 6.07 Å². The molecule has 9 heteroatoms. The molecule has 6 nitrogen and oxygen atoms in total. The van der Waals surface area contributed by atoms with Crippen LogP contribution < -0.4 is 11.1 Å². The van der Waals surface area contributed by atoms with E-state index in [1.165, 1.54) is 0 Å². The zero-order chi connectivity index (χ0) is 13.3. The van der Waals surface area contributed by atoms with Crippen molar-refractivity contribution in [2.24, 2.45) is 0 Å². The zero-order valence-corrected chi connectivity index (χ0v) is 9.33. The van der Waals surface area contributed by atoms with E-state index >= 15 is 0 Å².